The quantitative estimate of drug-likeness (QED) is 0.850. The van der Waals surface area contributed by atoms with Gasteiger partial charge in [-0.15, -0.1) is 0 Å². The van der Waals surface area contributed by atoms with Gasteiger partial charge in [-0.1, -0.05) is 0 Å². The lowest BCUT2D eigenvalue weighted by Gasteiger charge is -2.47. The molecule has 0 aliphatic carbocycles. The number of amides is 2. The Balaban J connectivity index is 1.31. The molecule has 4 heterocycles. The molecule has 1 spiro atoms. The molecule has 1 aromatic heterocycles. The first-order valence-electron chi connectivity index (χ1n) is 10.1. The van der Waals surface area contributed by atoms with Crippen LogP contribution in [-0.2, 0) is 20.7 Å². The highest BCUT2D eigenvalue weighted by Crippen LogP contribution is 2.40. The van der Waals surface area contributed by atoms with Crippen molar-refractivity contribution in [3.63, 3.8) is 0 Å². The standard InChI is InChI=1S/C19H29N5O3/c1-14-20-16(22-21-14)11-18(26)23-8-6-19(7-9-23)5-4-17(25)24(13-19)12-15-3-2-10-27-15/h15H,2-13H2,1H3,(H,20,21,22). The van der Waals surface area contributed by atoms with Crippen molar-refractivity contribution in [3.05, 3.63) is 11.6 Å². The van der Waals surface area contributed by atoms with Crippen LogP contribution in [0.4, 0.5) is 0 Å². The van der Waals surface area contributed by atoms with Gasteiger partial charge in [-0.2, -0.15) is 5.10 Å². The molecule has 148 valence electrons. The number of hydrogen-bond donors (Lipinski definition) is 1. The Labute approximate surface area is 159 Å². The van der Waals surface area contributed by atoms with E-state index < -0.39 is 0 Å². The predicted molar refractivity (Wildman–Crippen MR) is 97.9 cm³/mol. The Morgan fingerprint density at radius 2 is 2.15 bits per heavy atom. The maximum atomic E-state index is 12.5. The summed E-state index contributed by atoms with van der Waals surface area (Å²) in [7, 11) is 0. The molecule has 0 saturated carbocycles. The van der Waals surface area contributed by atoms with Crippen molar-refractivity contribution in [3.8, 4) is 0 Å². The van der Waals surface area contributed by atoms with Gasteiger partial charge in [-0.05, 0) is 44.4 Å². The minimum atomic E-state index is 0.0898. The Kier molecular flexibility index (Phi) is 5.16. The molecule has 3 aliphatic heterocycles. The van der Waals surface area contributed by atoms with Gasteiger partial charge < -0.3 is 14.5 Å². The van der Waals surface area contributed by atoms with E-state index in [0.29, 0.717) is 12.2 Å². The summed E-state index contributed by atoms with van der Waals surface area (Å²) in [5.74, 6) is 1.64. The summed E-state index contributed by atoms with van der Waals surface area (Å²) in [6, 6.07) is 0. The lowest BCUT2D eigenvalue weighted by Crippen LogP contribution is -2.53. The maximum Gasteiger partial charge on any atom is 0.230 e. The van der Waals surface area contributed by atoms with Gasteiger partial charge >= 0.3 is 0 Å². The molecule has 3 aliphatic rings. The van der Waals surface area contributed by atoms with E-state index in [9.17, 15) is 9.59 Å². The Bertz CT molecular complexity index is 689. The third kappa shape index (κ3) is 4.15. The monoisotopic (exact) mass is 375 g/mol. The zero-order valence-electron chi connectivity index (χ0n) is 16.1. The predicted octanol–water partition coefficient (Wildman–Crippen LogP) is 1.07. The number of carbonyl (C=O) groups excluding carboxylic acids is 2. The van der Waals surface area contributed by atoms with Gasteiger partial charge in [-0.25, -0.2) is 4.98 Å². The minimum Gasteiger partial charge on any atom is -0.376 e. The van der Waals surface area contributed by atoms with Gasteiger partial charge in [0.2, 0.25) is 11.8 Å². The second-order valence-corrected chi connectivity index (χ2v) is 8.30. The average Bonchev–Trinajstić information content (AvgIpc) is 3.31. The van der Waals surface area contributed by atoms with E-state index in [4.69, 9.17) is 4.74 Å². The zero-order chi connectivity index (χ0) is 18.9. The molecule has 0 radical (unpaired) electrons. The normalized spacial score (nSPS) is 25.4. The Morgan fingerprint density at radius 1 is 1.33 bits per heavy atom. The van der Waals surface area contributed by atoms with Gasteiger partial charge in [0.15, 0.2) is 5.82 Å². The van der Waals surface area contributed by atoms with Crippen LogP contribution < -0.4 is 0 Å². The van der Waals surface area contributed by atoms with E-state index in [2.05, 4.69) is 15.2 Å². The molecule has 1 unspecified atom stereocenters. The molecule has 4 rings (SSSR count). The van der Waals surface area contributed by atoms with Crippen LogP contribution in [0, 0.1) is 12.3 Å². The molecule has 0 bridgehead atoms. The summed E-state index contributed by atoms with van der Waals surface area (Å²) in [4.78, 5) is 33.1. The molecule has 1 N–H and O–H groups in total. The Morgan fingerprint density at radius 3 is 2.81 bits per heavy atom. The summed E-state index contributed by atoms with van der Waals surface area (Å²) in [5, 5.41) is 6.84. The number of ether oxygens (including phenoxy) is 1. The first-order valence-corrected chi connectivity index (χ1v) is 10.1. The topological polar surface area (TPSA) is 91.4 Å². The van der Waals surface area contributed by atoms with Crippen molar-refractivity contribution in [1.29, 1.82) is 0 Å². The van der Waals surface area contributed by atoms with Crippen molar-refractivity contribution >= 4 is 11.8 Å². The molecule has 3 fully saturated rings. The van der Waals surface area contributed by atoms with Crippen LogP contribution in [0.5, 0.6) is 0 Å². The van der Waals surface area contributed by atoms with Gasteiger partial charge in [0.05, 0.1) is 12.5 Å². The van der Waals surface area contributed by atoms with E-state index in [0.717, 1.165) is 70.7 Å². The summed E-state index contributed by atoms with van der Waals surface area (Å²) >= 11 is 0. The second-order valence-electron chi connectivity index (χ2n) is 8.30. The van der Waals surface area contributed by atoms with Crippen LogP contribution in [0.2, 0.25) is 0 Å². The lowest BCUT2D eigenvalue weighted by atomic mass is 9.72. The number of hydrogen-bond acceptors (Lipinski definition) is 5. The highest BCUT2D eigenvalue weighted by molar-refractivity contribution is 5.78. The molecular formula is C19H29N5O3. The highest BCUT2D eigenvalue weighted by atomic mass is 16.5. The van der Waals surface area contributed by atoms with Crippen molar-refractivity contribution in [1.82, 2.24) is 25.0 Å². The largest absolute Gasteiger partial charge is 0.376 e. The molecule has 2 amide bonds. The van der Waals surface area contributed by atoms with Crippen molar-refractivity contribution in [2.45, 2.75) is 58.0 Å². The lowest BCUT2D eigenvalue weighted by molar-refractivity contribution is -0.143. The van der Waals surface area contributed by atoms with Crippen LogP contribution in [0.15, 0.2) is 0 Å². The van der Waals surface area contributed by atoms with Crippen LogP contribution in [0.3, 0.4) is 0 Å². The number of aromatic nitrogens is 3. The van der Waals surface area contributed by atoms with Gasteiger partial charge in [-0.3, -0.25) is 14.7 Å². The first kappa shape index (κ1) is 18.4. The number of nitrogens with zero attached hydrogens (tertiary/aromatic N) is 4. The van der Waals surface area contributed by atoms with E-state index in [1.165, 1.54) is 0 Å². The van der Waals surface area contributed by atoms with Crippen LogP contribution >= 0.6 is 0 Å². The number of H-pyrrole nitrogens is 1. The molecular weight excluding hydrogens is 346 g/mol. The molecule has 8 heteroatoms. The number of nitrogens with one attached hydrogen (secondary N) is 1. The summed E-state index contributed by atoms with van der Waals surface area (Å²) in [6.45, 7) is 5.70. The first-order chi connectivity index (χ1) is 13.0. The third-order valence-corrected chi connectivity index (χ3v) is 6.33. The summed E-state index contributed by atoms with van der Waals surface area (Å²) < 4.78 is 5.73. The molecule has 1 atom stereocenters. The average molecular weight is 375 g/mol. The smallest absolute Gasteiger partial charge is 0.230 e. The summed E-state index contributed by atoms with van der Waals surface area (Å²) in [6.07, 6.45) is 6.09. The SMILES string of the molecule is Cc1nc(CC(=O)N2CCC3(CCC(=O)N(CC4CCCO4)C3)CC2)n[nH]1. The van der Waals surface area contributed by atoms with Crippen LogP contribution in [-0.4, -0.2) is 75.7 Å². The third-order valence-electron chi connectivity index (χ3n) is 6.33. The van der Waals surface area contributed by atoms with E-state index in [1.807, 2.05) is 16.7 Å². The number of piperidine rings is 2. The number of aryl methyl sites for hydroxylation is 1. The summed E-state index contributed by atoms with van der Waals surface area (Å²) in [5.41, 5.74) is 0.157. The van der Waals surface area contributed by atoms with E-state index >= 15 is 0 Å². The number of aromatic amines is 1. The van der Waals surface area contributed by atoms with Crippen molar-refractivity contribution in [2.75, 3.05) is 32.8 Å². The van der Waals surface area contributed by atoms with Crippen molar-refractivity contribution < 1.29 is 14.3 Å². The van der Waals surface area contributed by atoms with E-state index in [-0.39, 0.29) is 29.8 Å². The molecule has 1 aromatic rings. The number of rotatable bonds is 4. The van der Waals surface area contributed by atoms with Crippen LogP contribution in [0.1, 0.15) is 50.2 Å². The maximum absolute atomic E-state index is 12.5. The minimum absolute atomic E-state index is 0.0898. The fourth-order valence-corrected chi connectivity index (χ4v) is 4.66. The van der Waals surface area contributed by atoms with E-state index in [1.54, 1.807) is 0 Å². The molecule has 8 nitrogen and oxygen atoms in total. The number of likely N-dealkylation sites (tertiary alicyclic amines) is 2. The van der Waals surface area contributed by atoms with Gasteiger partial charge in [0, 0.05) is 39.2 Å². The Hall–Kier alpha value is -1.96. The van der Waals surface area contributed by atoms with Crippen molar-refractivity contribution in [2.24, 2.45) is 5.41 Å². The number of carbonyl (C=O) groups is 2. The second kappa shape index (κ2) is 7.58. The van der Waals surface area contributed by atoms with Gasteiger partial charge in [0.25, 0.3) is 0 Å². The molecule has 27 heavy (non-hydrogen) atoms. The fourth-order valence-electron chi connectivity index (χ4n) is 4.66. The molecule has 3 saturated heterocycles. The van der Waals surface area contributed by atoms with Crippen LogP contribution in [0.25, 0.3) is 0 Å². The highest BCUT2D eigenvalue weighted by Gasteiger charge is 2.42. The zero-order valence-corrected chi connectivity index (χ0v) is 16.1. The molecule has 0 aromatic carbocycles. The fraction of sp³-hybridized carbons (Fsp3) is 0.789. The van der Waals surface area contributed by atoms with Gasteiger partial charge in [0.1, 0.15) is 5.82 Å².